The van der Waals surface area contributed by atoms with E-state index < -0.39 is 10.0 Å². The van der Waals surface area contributed by atoms with Crippen LogP contribution in [0, 0.1) is 6.26 Å². The van der Waals surface area contributed by atoms with Crippen molar-refractivity contribution in [3.63, 3.8) is 0 Å². The van der Waals surface area contributed by atoms with E-state index in [9.17, 15) is 8.42 Å². The van der Waals surface area contributed by atoms with Crippen LogP contribution in [-0.2, 0) is 23.1 Å². The minimum absolute atomic E-state index is 0. The topological polar surface area (TPSA) is 74.3 Å². The van der Waals surface area contributed by atoms with E-state index in [-0.39, 0.29) is 32.0 Å². The molecule has 0 saturated carbocycles. The van der Waals surface area contributed by atoms with Gasteiger partial charge in [0.25, 0.3) is 0 Å². The number of hydrogen-bond acceptors (Lipinski definition) is 6. The van der Waals surface area contributed by atoms with Gasteiger partial charge in [0.1, 0.15) is 23.0 Å². The van der Waals surface area contributed by atoms with Gasteiger partial charge in [0.15, 0.2) is 0 Å². The van der Waals surface area contributed by atoms with Crippen molar-refractivity contribution >= 4 is 10.0 Å². The van der Waals surface area contributed by atoms with Crippen LogP contribution in [0.5, 0.6) is 23.0 Å². The molecule has 0 aromatic heterocycles. The van der Waals surface area contributed by atoms with Crippen molar-refractivity contribution < 1.29 is 46.2 Å². The standard InChI is InChI=1S/C19H24NO6S.Li/c1-23-16-8-6-14(18(10-16)25-3)12-20(27(5,21)22)13-15-7-9-17(24-2)11-19(15)26-4;/h6-11H,5,12-13H2,1-4H3;/q-1;+1. The molecular weight excluding hydrogens is 377 g/mol. The predicted octanol–water partition coefficient (Wildman–Crippen LogP) is -0.151. The zero-order valence-electron chi connectivity index (χ0n) is 16.9. The number of sulfonamides is 1. The van der Waals surface area contributed by atoms with Crippen LogP contribution < -0.4 is 37.8 Å². The summed E-state index contributed by atoms with van der Waals surface area (Å²) in [6.07, 6.45) is 3.31. The van der Waals surface area contributed by atoms with Gasteiger partial charge in [0, 0.05) is 36.3 Å². The summed E-state index contributed by atoms with van der Waals surface area (Å²) in [5.41, 5.74) is 1.39. The fourth-order valence-corrected chi connectivity index (χ4v) is 3.27. The average molecular weight is 401 g/mol. The van der Waals surface area contributed by atoms with Crippen LogP contribution in [0.3, 0.4) is 0 Å². The molecule has 0 unspecified atom stereocenters. The van der Waals surface area contributed by atoms with Crippen LogP contribution in [0.1, 0.15) is 11.1 Å². The summed E-state index contributed by atoms with van der Waals surface area (Å²) >= 11 is 0. The molecule has 7 nitrogen and oxygen atoms in total. The average Bonchev–Trinajstić information content (AvgIpc) is 2.66. The molecule has 0 N–H and O–H groups in total. The second-order valence-electron chi connectivity index (χ2n) is 5.74. The maximum Gasteiger partial charge on any atom is 1.00 e. The fraction of sp³-hybridized carbons (Fsp3) is 0.316. The van der Waals surface area contributed by atoms with E-state index in [1.54, 1.807) is 50.6 Å². The normalized spacial score (nSPS) is 10.9. The maximum atomic E-state index is 12.3. The van der Waals surface area contributed by atoms with Gasteiger partial charge in [-0.05, 0) is 12.1 Å². The Labute approximate surface area is 178 Å². The Morgan fingerprint density at radius 2 is 1.18 bits per heavy atom. The summed E-state index contributed by atoms with van der Waals surface area (Å²) in [6.45, 7) is 0.183. The van der Waals surface area contributed by atoms with E-state index in [2.05, 4.69) is 6.26 Å². The molecule has 9 heteroatoms. The summed E-state index contributed by atoms with van der Waals surface area (Å²) < 4.78 is 46.9. The van der Waals surface area contributed by atoms with Gasteiger partial charge in [0.2, 0.25) is 0 Å². The van der Waals surface area contributed by atoms with Gasteiger partial charge in [0.05, 0.1) is 38.5 Å². The summed E-state index contributed by atoms with van der Waals surface area (Å²) in [5, 5.41) is 0. The zero-order valence-corrected chi connectivity index (χ0v) is 17.7. The maximum absolute atomic E-state index is 12.3. The molecule has 0 spiro atoms. The van der Waals surface area contributed by atoms with E-state index in [1.165, 1.54) is 18.5 Å². The molecular formula is C19H24LiNO6S. The Balaban J connectivity index is 0.00000392. The SMILES string of the molecule is [CH2-]S(=O)(=O)N(Cc1ccc(OC)cc1OC)Cc1ccc(OC)cc1OC.[Li+]. The van der Waals surface area contributed by atoms with Gasteiger partial charge < -0.3 is 18.9 Å². The third-order valence-corrected chi connectivity index (χ3v) is 5.12. The van der Waals surface area contributed by atoms with E-state index in [1.807, 2.05) is 0 Å². The summed E-state index contributed by atoms with van der Waals surface area (Å²) in [4.78, 5) is 0. The van der Waals surface area contributed by atoms with Crippen molar-refractivity contribution in [1.82, 2.24) is 4.31 Å². The molecule has 148 valence electrons. The Bertz CT molecular complexity index is 830. The summed E-state index contributed by atoms with van der Waals surface area (Å²) in [7, 11) is 2.42. The van der Waals surface area contributed by atoms with Crippen molar-refractivity contribution in [1.29, 1.82) is 0 Å². The molecule has 28 heavy (non-hydrogen) atoms. The van der Waals surface area contributed by atoms with Gasteiger partial charge in [-0.1, -0.05) is 12.1 Å². The summed E-state index contributed by atoms with van der Waals surface area (Å²) in [6, 6.07) is 10.4. The minimum atomic E-state index is -3.73. The first-order valence-electron chi connectivity index (χ1n) is 8.07. The van der Waals surface area contributed by atoms with E-state index >= 15 is 0 Å². The van der Waals surface area contributed by atoms with E-state index in [0.717, 1.165) is 0 Å². The van der Waals surface area contributed by atoms with Crippen molar-refractivity contribution in [3.05, 3.63) is 53.8 Å². The molecule has 2 rings (SSSR count). The third kappa shape index (κ3) is 6.08. The zero-order chi connectivity index (χ0) is 20.0. The first kappa shape index (κ1) is 24.2. The van der Waals surface area contributed by atoms with Gasteiger partial charge in [-0.15, -0.1) is 0 Å². The molecule has 0 fully saturated rings. The molecule has 0 aliphatic heterocycles. The molecule has 0 amide bonds. The Morgan fingerprint density at radius 3 is 1.46 bits per heavy atom. The quantitative estimate of drug-likeness (QED) is 0.430. The molecule has 0 aliphatic carbocycles. The van der Waals surface area contributed by atoms with Crippen molar-refractivity contribution in [2.45, 2.75) is 13.1 Å². The molecule has 2 aromatic carbocycles. The number of methoxy groups -OCH3 is 4. The molecule has 0 aliphatic rings. The van der Waals surface area contributed by atoms with Crippen LogP contribution in [-0.4, -0.2) is 41.2 Å². The van der Waals surface area contributed by atoms with Crippen LogP contribution >= 0.6 is 0 Å². The molecule has 0 bridgehead atoms. The fourth-order valence-electron chi connectivity index (χ4n) is 2.60. The largest absolute Gasteiger partial charge is 1.00 e. The molecule has 0 atom stereocenters. The van der Waals surface area contributed by atoms with Crippen molar-refractivity contribution in [2.24, 2.45) is 0 Å². The predicted molar refractivity (Wildman–Crippen MR) is 103 cm³/mol. The molecule has 0 heterocycles. The van der Waals surface area contributed by atoms with Gasteiger partial charge in [-0.3, -0.25) is 0 Å². The number of nitrogens with zero attached hydrogens (tertiary/aromatic N) is 1. The minimum Gasteiger partial charge on any atom is -0.497 e. The van der Waals surface area contributed by atoms with E-state index in [0.29, 0.717) is 34.1 Å². The molecule has 2 aromatic rings. The van der Waals surface area contributed by atoms with Crippen LogP contribution in [0.25, 0.3) is 0 Å². The summed E-state index contributed by atoms with van der Waals surface area (Å²) in [5.74, 6) is 2.31. The van der Waals surface area contributed by atoms with Crippen LogP contribution in [0.4, 0.5) is 0 Å². The van der Waals surface area contributed by atoms with E-state index in [4.69, 9.17) is 18.9 Å². The van der Waals surface area contributed by atoms with Crippen LogP contribution in [0.15, 0.2) is 36.4 Å². The first-order chi connectivity index (χ1) is 12.8. The Morgan fingerprint density at radius 1 is 0.786 bits per heavy atom. The van der Waals surface area contributed by atoms with Gasteiger partial charge >= 0.3 is 18.9 Å². The number of ether oxygens (including phenoxy) is 4. The van der Waals surface area contributed by atoms with Crippen molar-refractivity contribution in [2.75, 3.05) is 28.4 Å². The Kier molecular flexibility index (Phi) is 9.18. The molecule has 0 radical (unpaired) electrons. The van der Waals surface area contributed by atoms with Gasteiger partial charge in [-0.2, -0.15) is 0 Å². The number of benzene rings is 2. The monoisotopic (exact) mass is 401 g/mol. The van der Waals surface area contributed by atoms with Crippen LogP contribution in [0.2, 0.25) is 0 Å². The number of hydrogen-bond donors (Lipinski definition) is 0. The Hall–Kier alpha value is -1.85. The second-order valence-corrected chi connectivity index (χ2v) is 7.42. The third-order valence-electron chi connectivity index (χ3n) is 4.08. The van der Waals surface area contributed by atoms with Gasteiger partial charge in [-0.25, -0.2) is 19.0 Å². The smallest absolute Gasteiger partial charge is 0.497 e. The molecule has 0 saturated heterocycles. The van der Waals surface area contributed by atoms with Crippen molar-refractivity contribution in [3.8, 4) is 23.0 Å². The second kappa shape index (κ2) is 10.6. The number of rotatable bonds is 9. The first-order valence-corrected chi connectivity index (χ1v) is 9.68.